The van der Waals surface area contributed by atoms with Gasteiger partial charge in [0, 0.05) is 12.1 Å². The van der Waals surface area contributed by atoms with E-state index in [0.29, 0.717) is 22.3 Å². The number of aromatic nitrogens is 2. The lowest BCUT2D eigenvalue weighted by molar-refractivity contribution is 0.545. The average molecular weight is 322 g/mol. The average Bonchev–Trinajstić information content (AvgIpc) is 3.06. The zero-order chi connectivity index (χ0) is 14.8. The molecular weight excluding hydrogens is 309 g/mol. The molecule has 3 aromatic rings. The molecule has 2 aromatic heterocycles. The summed E-state index contributed by atoms with van der Waals surface area (Å²) < 4.78 is 5.62. The highest BCUT2D eigenvalue weighted by molar-refractivity contribution is 6.39. The molecule has 0 radical (unpaired) electrons. The lowest BCUT2D eigenvalue weighted by atomic mass is 10.2. The molecule has 0 aliphatic heterocycles. The first-order valence-electron chi connectivity index (χ1n) is 6.42. The van der Waals surface area contributed by atoms with Gasteiger partial charge in [-0.2, -0.15) is 5.10 Å². The Balaban J connectivity index is 1.82. The van der Waals surface area contributed by atoms with E-state index in [1.165, 1.54) is 0 Å². The fraction of sp³-hybridized carbons (Fsp3) is 0.133. The van der Waals surface area contributed by atoms with E-state index < -0.39 is 0 Å². The van der Waals surface area contributed by atoms with E-state index in [-0.39, 0.29) is 0 Å². The molecule has 1 aromatic carbocycles. The van der Waals surface area contributed by atoms with Gasteiger partial charge in [-0.1, -0.05) is 29.3 Å². The Morgan fingerprint density at radius 1 is 1.19 bits per heavy atom. The number of halogens is 2. The van der Waals surface area contributed by atoms with Gasteiger partial charge in [-0.3, -0.25) is 5.10 Å². The Bertz CT molecular complexity index is 744. The number of H-pyrrole nitrogens is 1. The number of furan rings is 1. The van der Waals surface area contributed by atoms with Crippen LogP contribution in [0.2, 0.25) is 10.0 Å². The van der Waals surface area contributed by atoms with Gasteiger partial charge in [-0.25, -0.2) is 0 Å². The highest BCUT2D eigenvalue weighted by Gasteiger charge is 2.12. The molecule has 0 atom stereocenters. The molecule has 108 valence electrons. The lowest BCUT2D eigenvalue weighted by Crippen LogP contribution is -2.01. The number of nitrogens with zero attached hydrogens (tertiary/aromatic N) is 1. The molecule has 21 heavy (non-hydrogen) atoms. The molecule has 6 heteroatoms. The summed E-state index contributed by atoms with van der Waals surface area (Å²) in [5.41, 5.74) is 2.53. The van der Waals surface area contributed by atoms with E-state index in [4.69, 9.17) is 27.6 Å². The molecule has 0 amide bonds. The Kier molecular flexibility index (Phi) is 3.90. The van der Waals surface area contributed by atoms with Gasteiger partial charge in [0.15, 0.2) is 5.76 Å². The predicted octanol–water partition coefficient (Wildman–Crippen LogP) is 4.90. The van der Waals surface area contributed by atoms with E-state index in [2.05, 4.69) is 15.5 Å². The number of aryl methyl sites for hydroxylation is 1. The number of hydrogen-bond donors (Lipinski definition) is 2. The van der Waals surface area contributed by atoms with Gasteiger partial charge in [-0.15, -0.1) is 0 Å². The van der Waals surface area contributed by atoms with Crippen molar-refractivity contribution in [3.8, 4) is 11.5 Å². The molecule has 2 N–H and O–H groups in total. The molecule has 4 nitrogen and oxygen atoms in total. The summed E-state index contributed by atoms with van der Waals surface area (Å²) in [7, 11) is 0. The largest absolute Gasteiger partial charge is 0.460 e. The van der Waals surface area contributed by atoms with Crippen LogP contribution in [-0.2, 0) is 6.54 Å². The molecule has 0 unspecified atom stereocenters. The normalized spacial score (nSPS) is 10.8. The van der Waals surface area contributed by atoms with Crippen LogP contribution in [0.4, 0.5) is 5.69 Å². The molecular formula is C15H13Cl2N3O. The summed E-state index contributed by atoms with van der Waals surface area (Å²) in [5.74, 6) is 1.61. The maximum atomic E-state index is 6.14. The Morgan fingerprint density at radius 2 is 1.95 bits per heavy atom. The maximum absolute atomic E-state index is 6.14. The summed E-state index contributed by atoms with van der Waals surface area (Å²) in [4.78, 5) is 0. The zero-order valence-corrected chi connectivity index (χ0v) is 12.8. The first-order valence-corrected chi connectivity index (χ1v) is 7.17. The highest BCUT2D eigenvalue weighted by atomic mass is 35.5. The van der Waals surface area contributed by atoms with Gasteiger partial charge < -0.3 is 9.73 Å². The van der Waals surface area contributed by atoms with Crippen LogP contribution in [0.15, 0.2) is 40.9 Å². The number of hydrogen-bond acceptors (Lipinski definition) is 3. The van der Waals surface area contributed by atoms with E-state index in [9.17, 15) is 0 Å². The molecule has 0 saturated carbocycles. The minimum atomic E-state index is 0.537. The van der Waals surface area contributed by atoms with Crippen LogP contribution >= 0.6 is 23.2 Å². The van der Waals surface area contributed by atoms with Crippen LogP contribution in [0.1, 0.15) is 11.3 Å². The number of anilines is 1. The number of rotatable bonds is 4. The second kappa shape index (κ2) is 5.84. The predicted molar refractivity (Wildman–Crippen MR) is 84.8 cm³/mol. The Morgan fingerprint density at radius 3 is 2.62 bits per heavy atom. The van der Waals surface area contributed by atoms with Crippen LogP contribution in [0.25, 0.3) is 11.5 Å². The van der Waals surface area contributed by atoms with Gasteiger partial charge in [0.1, 0.15) is 11.5 Å². The molecule has 0 saturated heterocycles. The fourth-order valence-electron chi connectivity index (χ4n) is 2.08. The molecule has 0 fully saturated rings. The third-order valence-electron chi connectivity index (χ3n) is 3.12. The summed E-state index contributed by atoms with van der Waals surface area (Å²) in [6.45, 7) is 2.44. The number of para-hydroxylation sites is 1. The van der Waals surface area contributed by atoms with Crippen molar-refractivity contribution in [3.63, 3.8) is 0 Å². The van der Waals surface area contributed by atoms with Gasteiger partial charge in [0.05, 0.1) is 21.9 Å². The van der Waals surface area contributed by atoms with Gasteiger partial charge in [0.2, 0.25) is 0 Å². The quantitative estimate of drug-likeness (QED) is 0.718. The second-order valence-corrected chi connectivity index (χ2v) is 5.45. The Hall–Kier alpha value is -1.91. The first kappa shape index (κ1) is 14.0. The monoisotopic (exact) mass is 321 g/mol. The number of benzene rings is 1. The van der Waals surface area contributed by atoms with Gasteiger partial charge in [-0.05, 0) is 31.2 Å². The molecule has 3 rings (SSSR count). The van der Waals surface area contributed by atoms with Crippen molar-refractivity contribution in [2.75, 3.05) is 5.32 Å². The summed E-state index contributed by atoms with van der Waals surface area (Å²) in [6.07, 6.45) is 1.75. The third kappa shape index (κ3) is 2.91. The zero-order valence-electron chi connectivity index (χ0n) is 11.3. The van der Waals surface area contributed by atoms with Crippen LogP contribution < -0.4 is 5.32 Å². The third-order valence-corrected chi connectivity index (χ3v) is 3.75. The molecule has 0 bridgehead atoms. The second-order valence-electron chi connectivity index (χ2n) is 4.63. The Labute approximate surface area is 132 Å². The van der Waals surface area contributed by atoms with Crippen molar-refractivity contribution in [2.24, 2.45) is 0 Å². The minimum Gasteiger partial charge on any atom is -0.460 e. The van der Waals surface area contributed by atoms with Crippen molar-refractivity contribution < 1.29 is 4.42 Å². The van der Waals surface area contributed by atoms with E-state index in [1.807, 2.05) is 25.1 Å². The first-order chi connectivity index (χ1) is 10.1. The topological polar surface area (TPSA) is 53.9 Å². The van der Waals surface area contributed by atoms with E-state index in [1.54, 1.807) is 18.3 Å². The van der Waals surface area contributed by atoms with Gasteiger partial charge >= 0.3 is 0 Å². The van der Waals surface area contributed by atoms with Crippen LogP contribution in [0, 0.1) is 6.92 Å². The van der Waals surface area contributed by atoms with Crippen LogP contribution in [0.3, 0.4) is 0 Å². The highest BCUT2D eigenvalue weighted by Crippen LogP contribution is 2.31. The van der Waals surface area contributed by atoms with E-state index in [0.717, 1.165) is 22.8 Å². The standard InChI is InChI=1S/C15H13Cl2N3O/c1-9-5-6-13(21-9)14-10(8-19-20-14)7-18-15-11(16)3-2-4-12(15)17/h2-6,8,18H,7H2,1H3,(H,19,20). The van der Waals surface area contributed by atoms with Crippen molar-refractivity contribution in [3.05, 3.63) is 57.9 Å². The molecule has 2 heterocycles. The molecule has 0 aliphatic rings. The van der Waals surface area contributed by atoms with Crippen molar-refractivity contribution in [1.82, 2.24) is 10.2 Å². The molecule has 0 aliphatic carbocycles. The molecule has 0 spiro atoms. The fourth-order valence-corrected chi connectivity index (χ4v) is 2.61. The number of nitrogens with one attached hydrogen (secondary N) is 2. The number of aromatic amines is 1. The van der Waals surface area contributed by atoms with Crippen LogP contribution in [-0.4, -0.2) is 10.2 Å². The van der Waals surface area contributed by atoms with Crippen LogP contribution in [0.5, 0.6) is 0 Å². The van der Waals surface area contributed by atoms with Crippen molar-refractivity contribution in [2.45, 2.75) is 13.5 Å². The van der Waals surface area contributed by atoms with Gasteiger partial charge in [0.25, 0.3) is 0 Å². The summed E-state index contributed by atoms with van der Waals surface area (Å²) in [6, 6.07) is 9.22. The minimum absolute atomic E-state index is 0.537. The SMILES string of the molecule is Cc1ccc(-c2[nH]ncc2CNc2c(Cl)cccc2Cl)o1. The smallest absolute Gasteiger partial charge is 0.152 e. The van der Waals surface area contributed by atoms with Crippen molar-refractivity contribution >= 4 is 28.9 Å². The summed E-state index contributed by atoms with van der Waals surface area (Å²) >= 11 is 12.3. The summed E-state index contributed by atoms with van der Waals surface area (Å²) in [5, 5.41) is 11.4. The van der Waals surface area contributed by atoms with E-state index >= 15 is 0 Å². The van der Waals surface area contributed by atoms with Crippen molar-refractivity contribution in [1.29, 1.82) is 0 Å². The maximum Gasteiger partial charge on any atom is 0.152 e. The lowest BCUT2D eigenvalue weighted by Gasteiger charge is -2.09.